The van der Waals surface area contributed by atoms with Crippen LogP contribution < -0.4 is 4.74 Å². The molecule has 1 aromatic carbocycles. The van der Waals surface area contributed by atoms with Crippen LogP contribution in [0.25, 0.3) is 0 Å². The van der Waals surface area contributed by atoms with Crippen LogP contribution in [0.2, 0.25) is 0 Å². The average molecular weight is 433 g/mol. The van der Waals surface area contributed by atoms with E-state index in [4.69, 9.17) is 14.2 Å². The highest BCUT2D eigenvalue weighted by atomic mass is 16.5. The van der Waals surface area contributed by atoms with Gasteiger partial charge < -0.3 is 14.2 Å². The molecule has 1 atom stereocenters. The molecule has 9 nitrogen and oxygen atoms in total. The summed E-state index contributed by atoms with van der Waals surface area (Å²) in [5.74, 6) is 0.554. The molecule has 0 bridgehead atoms. The molecule has 4 rings (SSSR count). The normalized spacial score (nSPS) is 26.0. The van der Waals surface area contributed by atoms with Gasteiger partial charge in [0.2, 0.25) is 0 Å². The molecule has 3 fully saturated rings. The smallest absolute Gasteiger partial charge is 0.330 e. The molecule has 3 heterocycles. The van der Waals surface area contributed by atoms with Gasteiger partial charge in [0.15, 0.2) is 0 Å². The van der Waals surface area contributed by atoms with E-state index in [1.807, 2.05) is 38.1 Å². The van der Waals surface area contributed by atoms with Crippen LogP contribution in [0.4, 0.5) is 4.79 Å². The molecule has 31 heavy (non-hydrogen) atoms. The molecular formula is C22H32N4O5. The Kier molecular flexibility index (Phi) is 6.76. The molecule has 0 unspecified atom stereocenters. The number of hydrogen-bond donors (Lipinski definition) is 0. The van der Waals surface area contributed by atoms with Gasteiger partial charge in [-0.25, -0.2) is 9.69 Å². The minimum Gasteiger partial charge on any atom is -0.494 e. The second kappa shape index (κ2) is 9.52. The van der Waals surface area contributed by atoms with Crippen LogP contribution in [0, 0.1) is 0 Å². The van der Waals surface area contributed by atoms with Gasteiger partial charge in [-0.3, -0.25) is 19.5 Å². The van der Waals surface area contributed by atoms with Crippen molar-refractivity contribution in [3.63, 3.8) is 0 Å². The number of carbonyl (C=O) groups excluding carboxylic acids is 2. The van der Waals surface area contributed by atoms with Crippen molar-refractivity contribution in [3.05, 3.63) is 29.8 Å². The first-order valence-electron chi connectivity index (χ1n) is 11.0. The first-order valence-corrected chi connectivity index (χ1v) is 11.0. The second-order valence-corrected chi connectivity index (χ2v) is 8.22. The van der Waals surface area contributed by atoms with E-state index in [2.05, 4.69) is 9.80 Å². The van der Waals surface area contributed by atoms with Gasteiger partial charge in [0, 0.05) is 26.2 Å². The fourth-order valence-corrected chi connectivity index (χ4v) is 4.34. The highest BCUT2D eigenvalue weighted by molar-refractivity contribution is 6.07. The molecule has 0 saturated carbocycles. The minimum absolute atomic E-state index is 0.193. The topological polar surface area (TPSA) is 74.8 Å². The fourth-order valence-electron chi connectivity index (χ4n) is 4.34. The molecule has 170 valence electrons. The van der Waals surface area contributed by atoms with Crippen LogP contribution in [0.15, 0.2) is 24.3 Å². The lowest BCUT2D eigenvalue weighted by atomic mass is 9.90. The molecule has 0 aliphatic carbocycles. The van der Waals surface area contributed by atoms with Crippen LogP contribution in [-0.4, -0.2) is 104 Å². The van der Waals surface area contributed by atoms with E-state index >= 15 is 0 Å². The lowest BCUT2D eigenvalue weighted by molar-refractivity contribution is -0.135. The highest BCUT2D eigenvalue weighted by Crippen LogP contribution is 2.38. The van der Waals surface area contributed by atoms with Crippen molar-refractivity contribution in [1.29, 1.82) is 0 Å². The molecule has 0 N–H and O–H groups in total. The quantitative estimate of drug-likeness (QED) is 0.598. The Morgan fingerprint density at radius 1 is 0.903 bits per heavy atom. The van der Waals surface area contributed by atoms with Crippen LogP contribution in [0.5, 0.6) is 5.75 Å². The Bertz CT molecular complexity index is 777. The molecule has 3 aliphatic heterocycles. The summed E-state index contributed by atoms with van der Waals surface area (Å²) in [6.45, 7) is 10.4. The molecule has 0 aromatic heterocycles. The first kappa shape index (κ1) is 22.0. The number of nitrogens with zero attached hydrogens (tertiary/aromatic N) is 4. The fraction of sp³-hybridized carbons (Fsp3) is 0.636. The first-order chi connectivity index (χ1) is 15.0. The van der Waals surface area contributed by atoms with E-state index in [9.17, 15) is 9.59 Å². The summed E-state index contributed by atoms with van der Waals surface area (Å²) in [5, 5.41) is 0. The Morgan fingerprint density at radius 2 is 1.45 bits per heavy atom. The third-order valence-electron chi connectivity index (χ3n) is 6.28. The van der Waals surface area contributed by atoms with Gasteiger partial charge in [0.05, 0.1) is 46.4 Å². The number of carbonyl (C=O) groups is 2. The Hall–Kier alpha value is -2.20. The summed E-state index contributed by atoms with van der Waals surface area (Å²) >= 11 is 0. The van der Waals surface area contributed by atoms with Crippen molar-refractivity contribution < 1.29 is 23.8 Å². The van der Waals surface area contributed by atoms with Gasteiger partial charge in [0.1, 0.15) is 11.3 Å². The van der Waals surface area contributed by atoms with Gasteiger partial charge in [-0.05, 0) is 31.5 Å². The van der Waals surface area contributed by atoms with E-state index < -0.39 is 5.54 Å². The highest BCUT2D eigenvalue weighted by Gasteiger charge is 2.56. The Labute approximate surface area is 183 Å². The minimum atomic E-state index is -1.08. The third-order valence-corrected chi connectivity index (χ3v) is 6.28. The number of rotatable bonds is 7. The summed E-state index contributed by atoms with van der Waals surface area (Å²) < 4.78 is 16.4. The molecule has 1 aromatic rings. The largest absolute Gasteiger partial charge is 0.494 e. The van der Waals surface area contributed by atoms with Crippen molar-refractivity contribution >= 4 is 11.9 Å². The summed E-state index contributed by atoms with van der Waals surface area (Å²) in [7, 11) is 0. The molecule has 0 spiro atoms. The number of ether oxygens (including phenoxy) is 3. The SMILES string of the molecule is CCOc1ccc([C@@]2(C)C(=O)N(CN3CCOCC3)C(=O)N2CN2CCOCC2)cc1. The zero-order chi connectivity index (χ0) is 21.8. The lowest BCUT2D eigenvalue weighted by Crippen LogP contribution is -2.51. The van der Waals surface area contributed by atoms with Crippen LogP contribution >= 0.6 is 0 Å². The number of imide groups is 1. The molecule has 9 heteroatoms. The van der Waals surface area contributed by atoms with E-state index in [1.165, 1.54) is 4.90 Å². The predicted octanol–water partition coefficient (Wildman–Crippen LogP) is 1.14. The zero-order valence-electron chi connectivity index (χ0n) is 18.4. The summed E-state index contributed by atoms with van der Waals surface area (Å²) in [5.41, 5.74) is -0.293. The Morgan fingerprint density at radius 3 is 2.00 bits per heavy atom. The summed E-state index contributed by atoms with van der Waals surface area (Å²) in [6, 6.07) is 7.25. The summed E-state index contributed by atoms with van der Waals surface area (Å²) in [6.07, 6.45) is 0. The van der Waals surface area contributed by atoms with Crippen LogP contribution in [0.1, 0.15) is 19.4 Å². The number of urea groups is 1. The predicted molar refractivity (Wildman–Crippen MR) is 114 cm³/mol. The van der Waals surface area contributed by atoms with E-state index in [0.717, 1.165) is 24.4 Å². The number of hydrogen-bond acceptors (Lipinski definition) is 7. The van der Waals surface area contributed by atoms with Crippen molar-refractivity contribution in [3.8, 4) is 5.75 Å². The van der Waals surface area contributed by atoms with Crippen LogP contribution in [-0.2, 0) is 19.8 Å². The molecule has 3 amide bonds. The average Bonchev–Trinajstić information content (AvgIpc) is 2.98. The van der Waals surface area contributed by atoms with Gasteiger partial charge in [-0.1, -0.05) is 12.1 Å². The van der Waals surface area contributed by atoms with Crippen molar-refractivity contribution in [2.24, 2.45) is 0 Å². The van der Waals surface area contributed by atoms with E-state index in [1.54, 1.807) is 4.90 Å². The molecule has 0 radical (unpaired) electrons. The van der Waals surface area contributed by atoms with E-state index in [0.29, 0.717) is 52.8 Å². The standard InChI is InChI=1S/C22H32N4O5/c1-3-31-19-6-4-18(5-7-19)22(2)20(27)25(16-23-8-12-29-13-9-23)21(28)26(22)17-24-10-14-30-15-11-24/h4-7H,3,8-17H2,1-2H3/t22-/m0/s1. The summed E-state index contributed by atoms with van der Waals surface area (Å²) in [4.78, 5) is 34.6. The van der Waals surface area contributed by atoms with Crippen LogP contribution in [0.3, 0.4) is 0 Å². The number of amides is 3. The van der Waals surface area contributed by atoms with Gasteiger partial charge in [0.25, 0.3) is 5.91 Å². The number of morpholine rings is 2. The Balaban J connectivity index is 1.62. The number of benzene rings is 1. The lowest BCUT2D eigenvalue weighted by Gasteiger charge is -2.37. The van der Waals surface area contributed by atoms with Gasteiger partial charge in [-0.15, -0.1) is 0 Å². The van der Waals surface area contributed by atoms with Crippen molar-refractivity contribution in [2.45, 2.75) is 19.4 Å². The maximum Gasteiger partial charge on any atom is 0.330 e. The molecular weight excluding hydrogens is 400 g/mol. The molecule has 3 saturated heterocycles. The maximum atomic E-state index is 13.7. The van der Waals surface area contributed by atoms with Gasteiger partial charge in [-0.2, -0.15) is 0 Å². The van der Waals surface area contributed by atoms with E-state index in [-0.39, 0.29) is 18.6 Å². The zero-order valence-corrected chi connectivity index (χ0v) is 18.4. The monoisotopic (exact) mass is 432 g/mol. The second-order valence-electron chi connectivity index (χ2n) is 8.22. The maximum absolute atomic E-state index is 13.7. The molecule has 3 aliphatic rings. The van der Waals surface area contributed by atoms with Crippen molar-refractivity contribution in [2.75, 3.05) is 72.6 Å². The van der Waals surface area contributed by atoms with Crippen molar-refractivity contribution in [1.82, 2.24) is 19.6 Å². The third kappa shape index (κ3) is 4.41. The van der Waals surface area contributed by atoms with Gasteiger partial charge >= 0.3 is 6.03 Å².